The predicted molar refractivity (Wildman–Crippen MR) is 96.0 cm³/mol. The molecule has 1 N–H and O–H groups in total. The highest BCUT2D eigenvalue weighted by Gasteiger charge is 2.40. The van der Waals surface area contributed by atoms with E-state index in [0.29, 0.717) is 4.31 Å². The quantitative estimate of drug-likeness (QED) is 0.596. The molecule has 27 heavy (non-hydrogen) atoms. The van der Waals surface area contributed by atoms with E-state index in [1.54, 1.807) is 6.07 Å². The Balaban J connectivity index is 1.71. The first-order chi connectivity index (χ1) is 12.7. The number of non-ortho nitro benzene ring substituents is 1. The molecule has 0 aromatic heterocycles. The highest BCUT2D eigenvalue weighted by atomic mass is 35.5. The molecule has 0 atom stereocenters. The number of hydrogen-bond donors (Lipinski definition) is 1. The summed E-state index contributed by atoms with van der Waals surface area (Å²) in [5.74, 6) is -1.34. The van der Waals surface area contributed by atoms with Crippen LogP contribution in [-0.2, 0) is 14.8 Å². The number of sulfonamides is 1. The van der Waals surface area contributed by atoms with E-state index in [9.17, 15) is 28.1 Å². The van der Waals surface area contributed by atoms with Crippen LogP contribution in [-0.4, -0.2) is 36.0 Å². The molecule has 0 spiro atoms. The van der Waals surface area contributed by atoms with Crippen molar-refractivity contribution in [2.24, 2.45) is 0 Å². The Kier molecular flexibility index (Phi) is 4.85. The first-order valence-electron chi connectivity index (χ1n) is 7.61. The fraction of sp³-hybridized carbons (Fsp3) is 0.125. The maximum absolute atomic E-state index is 12.4. The van der Waals surface area contributed by atoms with E-state index in [-0.39, 0.29) is 39.8 Å². The summed E-state index contributed by atoms with van der Waals surface area (Å²) in [5.41, 5.74) is -0.183. The van der Waals surface area contributed by atoms with Gasteiger partial charge < -0.3 is 5.32 Å². The Hall–Kier alpha value is -2.98. The van der Waals surface area contributed by atoms with Gasteiger partial charge in [0, 0.05) is 25.1 Å². The van der Waals surface area contributed by atoms with Crippen molar-refractivity contribution in [1.29, 1.82) is 0 Å². The summed E-state index contributed by atoms with van der Waals surface area (Å²) in [6, 6.07) is 9.32. The maximum atomic E-state index is 12.4. The lowest BCUT2D eigenvalue weighted by atomic mass is 10.2. The van der Waals surface area contributed by atoms with Gasteiger partial charge in [-0.15, -0.1) is 0 Å². The first-order valence-corrected chi connectivity index (χ1v) is 9.43. The zero-order valence-corrected chi connectivity index (χ0v) is 15.2. The average Bonchev–Trinajstić information content (AvgIpc) is 2.81. The third kappa shape index (κ3) is 3.49. The van der Waals surface area contributed by atoms with Crippen LogP contribution in [0.25, 0.3) is 0 Å². The number of benzene rings is 2. The molecule has 2 aromatic rings. The largest absolute Gasteiger partial charge is 0.325 e. The Bertz CT molecular complexity index is 1070. The molecule has 0 bridgehead atoms. The standard InChI is InChI=1S/C16H12ClN3O6S/c17-12-6-5-10(20(23)24)9-13(12)18-15(21)7-8-19-16(22)11-3-1-2-4-14(11)27(19,25)26/h1-6,9H,7-8H2,(H,18,21). The van der Waals surface area contributed by atoms with Gasteiger partial charge in [-0.1, -0.05) is 23.7 Å². The number of nitro benzene ring substituents is 1. The summed E-state index contributed by atoms with van der Waals surface area (Å²) < 4.78 is 25.5. The van der Waals surface area contributed by atoms with E-state index in [0.717, 1.165) is 6.07 Å². The number of amides is 2. The average molecular weight is 410 g/mol. The Labute approximate surface area is 158 Å². The number of nitrogens with one attached hydrogen (secondary N) is 1. The summed E-state index contributed by atoms with van der Waals surface area (Å²) in [5, 5.41) is 13.3. The van der Waals surface area contributed by atoms with Crippen LogP contribution >= 0.6 is 11.6 Å². The molecule has 0 saturated heterocycles. The van der Waals surface area contributed by atoms with Gasteiger partial charge >= 0.3 is 0 Å². The molecule has 0 aliphatic carbocycles. The van der Waals surface area contributed by atoms with E-state index in [2.05, 4.69) is 5.32 Å². The zero-order chi connectivity index (χ0) is 19.8. The SMILES string of the molecule is O=C(CCN1C(=O)c2ccccc2S1(=O)=O)Nc1cc([N+](=O)[O-])ccc1Cl. The van der Waals surface area contributed by atoms with Gasteiger partial charge in [-0.05, 0) is 18.2 Å². The molecule has 0 unspecified atom stereocenters. The number of carbonyl (C=O) groups excluding carboxylic acids is 2. The minimum absolute atomic E-state index is 0.0229. The van der Waals surface area contributed by atoms with Gasteiger partial charge in [0.25, 0.3) is 21.6 Å². The molecule has 2 amide bonds. The highest BCUT2D eigenvalue weighted by Crippen LogP contribution is 2.30. The van der Waals surface area contributed by atoms with Crippen LogP contribution in [0, 0.1) is 10.1 Å². The molecule has 11 heteroatoms. The number of nitro groups is 1. The minimum atomic E-state index is -4.00. The first kappa shape index (κ1) is 18.8. The summed E-state index contributed by atoms with van der Waals surface area (Å²) in [6.07, 6.45) is -0.335. The third-order valence-corrected chi connectivity index (χ3v) is 6.06. The molecule has 1 aliphatic rings. The molecule has 0 fully saturated rings. The number of halogens is 1. The van der Waals surface area contributed by atoms with Crippen molar-refractivity contribution in [3.05, 3.63) is 63.2 Å². The van der Waals surface area contributed by atoms with Crippen LogP contribution in [0.1, 0.15) is 16.8 Å². The van der Waals surface area contributed by atoms with Gasteiger partial charge in [0.1, 0.15) is 4.90 Å². The topological polar surface area (TPSA) is 127 Å². The molecule has 9 nitrogen and oxygen atoms in total. The van der Waals surface area contributed by atoms with Gasteiger partial charge in [-0.2, -0.15) is 0 Å². The van der Waals surface area contributed by atoms with Crippen molar-refractivity contribution < 1.29 is 22.9 Å². The van der Waals surface area contributed by atoms with Crippen LogP contribution in [0.2, 0.25) is 5.02 Å². The second kappa shape index (κ2) is 6.97. The number of nitrogens with zero attached hydrogens (tertiary/aromatic N) is 2. The smallest absolute Gasteiger partial charge is 0.271 e. The van der Waals surface area contributed by atoms with E-state index in [1.807, 2.05) is 0 Å². The van der Waals surface area contributed by atoms with E-state index in [4.69, 9.17) is 11.6 Å². The normalized spacial score (nSPS) is 14.7. The third-order valence-electron chi connectivity index (χ3n) is 3.89. The van der Waals surface area contributed by atoms with E-state index in [1.165, 1.54) is 30.3 Å². The lowest BCUT2D eigenvalue weighted by Gasteiger charge is -2.15. The molecule has 1 aliphatic heterocycles. The lowest BCUT2D eigenvalue weighted by molar-refractivity contribution is -0.384. The molecule has 140 valence electrons. The second-order valence-corrected chi connectivity index (χ2v) is 7.84. The minimum Gasteiger partial charge on any atom is -0.325 e. The van der Waals surface area contributed by atoms with Crippen molar-refractivity contribution >= 4 is 44.8 Å². The number of anilines is 1. The van der Waals surface area contributed by atoms with Crippen LogP contribution in [0.3, 0.4) is 0 Å². The summed E-state index contributed by atoms with van der Waals surface area (Å²) in [6.45, 7) is -0.367. The van der Waals surface area contributed by atoms with Gasteiger partial charge in [-0.25, -0.2) is 12.7 Å². The Morgan fingerprint density at radius 3 is 2.59 bits per heavy atom. The molecule has 2 aromatic carbocycles. The van der Waals surface area contributed by atoms with Crippen LogP contribution < -0.4 is 5.32 Å². The fourth-order valence-electron chi connectivity index (χ4n) is 2.59. The summed E-state index contributed by atoms with van der Waals surface area (Å²) in [4.78, 5) is 34.5. The number of fused-ring (bicyclic) bond motifs is 1. The van der Waals surface area contributed by atoms with Gasteiger partial charge in [0.15, 0.2) is 0 Å². The molecule has 0 radical (unpaired) electrons. The number of hydrogen-bond acceptors (Lipinski definition) is 6. The number of carbonyl (C=O) groups is 2. The van der Waals surface area contributed by atoms with Gasteiger partial charge in [-0.3, -0.25) is 19.7 Å². The Morgan fingerprint density at radius 2 is 1.93 bits per heavy atom. The van der Waals surface area contributed by atoms with Crippen LogP contribution in [0.15, 0.2) is 47.4 Å². The lowest BCUT2D eigenvalue weighted by Crippen LogP contribution is -2.33. The van der Waals surface area contributed by atoms with E-state index >= 15 is 0 Å². The van der Waals surface area contributed by atoms with Crippen molar-refractivity contribution in [3.63, 3.8) is 0 Å². The summed E-state index contributed by atoms with van der Waals surface area (Å²) in [7, 11) is -4.00. The zero-order valence-electron chi connectivity index (χ0n) is 13.6. The van der Waals surface area contributed by atoms with Crippen molar-refractivity contribution in [1.82, 2.24) is 4.31 Å². The van der Waals surface area contributed by atoms with Crippen molar-refractivity contribution in [2.45, 2.75) is 11.3 Å². The van der Waals surface area contributed by atoms with E-state index < -0.39 is 26.8 Å². The molecule has 3 rings (SSSR count). The van der Waals surface area contributed by atoms with Crippen LogP contribution in [0.5, 0.6) is 0 Å². The molecule has 0 saturated carbocycles. The molecular weight excluding hydrogens is 398 g/mol. The maximum Gasteiger partial charge on any atom is 0.271 e. The molecular formula is C16H12ClN3O6S. The van der Waals surface area contributed by atoms with Gasteiger partial charge in [0.05, 0.1) is 21.2 Å². The predicted octanol–water partition coefficient (Wildman–Crippen LogP) is 2.42. The summed E-state index contributed by atoms with van der Waals surface area (Å²) >= 11 is 5.90. The number of rotatable bonds is 5. The van der Waals surface area contributed by atoms with Crippen molar-refractivity contribution in [3.8, 4) is 0 Å². The fourth-order valence-corrected chi connectivity index (χ4v) is 4.32. The van der Waals surface area contributed by atoms with Crippen LogP contribution in [0.4, 0.5) is 11.4 Å². The monoisotopic (exact) mass is 409 g/mol. The molecule has 1 heterocycles. The van der Waals surface area contributed by atoms with Gasteiger partial charge in [0.2, 0.25) is 5.91 Å². The second-order valence-electron chi connectivity index (χ2n) is 5.60. The highest BCUT2D eigenvalue weighted by molar-refractivity contribution is 7.90. The van der Waals surface area contributed by atoms with Crippen molar-refractivity contribution in [2.75, 3.05) is 11.9 Å². The Morgan fingerprint density at radius 1 is 1.22 bits per heavy atom.